The maximum Gasteiger partial charge on any atom is 0.292 e. The Hall–Kier alpha value is -3.34. The zero-order chi connectivity index (χ0) is 22.2. The van der Waals surface area contributed by atoms with Crippen molar-refractivity contribution in [2.45, 2.75) is 46.5 Å². The lowest BCUT2D eigenvalue weighted by Gasteiger charge is -2.37. The monoisotopic (exact) mass is 410 g/mol. The number of nitrogens with zero attached hydrogens (tertiary/aromatic N) is 3. The van der Waals surface area contributed by atoms with E-state index in [9.17, 15) is 20.2 Å². The Bertz CT molecular complexity index is 1010. The van der Waals surface area contributed by atoms with E-state index in [0.29, 0.717) is 48.5 Å². The molecule has 2 aliphatic rings. The van der Waals surface area contributed by atoms with E-state index >= 15 is 0 Å². The average molecular weight is 410 g/mol. The van der Waals surface area contributed by atoms with Crippen molar-refractivity contribution in [2.75, 3.05) is 18.0 Å². The second-order valence-electron chi connectivity index (χ2n) is 8.38. The molecule has 8 heteroatoms. The van der Waals surface area contributed by atoms with Crippen LogP contribution in [0.3, 0.4) is 0 Å². The zero-order valence-electron chi connectivity index (χ0n) is 17.7. The summed E-state index contributed by atoms with van der Waals surface area (Å²) < 4.78 is 5.68. The van der Waals surface area contributed by atoms with Gasteiger partial charge in [-0.3, -0.25) is 14.9 Å². The molecule has 1 aromatic carbocycles. The average Bonchev–Trinajstić information content (AvgIpc) is 2.67. The van der Waals surface area contributed by atoms with Crippen LogP contribution in [0.4, 0.5) is 11.4 Å². The van der Waals surface area contributed by atoms with Gasteiger partial charge in [0.1, 0.15) is 23.1 Å². The fourth-order valence-corrected chi connectivity index (χ4v) is 4.32. The lowest BCUT2D eigenvalue weighted by molar-refractivity contribution is -0.384. The number of benzene rings is 1. The molecule has 0 saturated heterocycles. The van der Waals surface area contributed by atoms with Gasteiger partial charge in [0.25, 0.3) is 5.69 Å². The molecule has 0 radical (unpaired) electrons. The predicted octanol–water partition coefficient (Wildman–Crippen LogP) is 3.89. The number of hydrogen-bond donors (Lipinski definition) is 1. The van der Waals surface area contributed by atoms with Gasteiger partial charge in [-0.1, -0.05) is 19.9 Å². The van der Waals surface area contributed by atoms with Crippen molar-refractivity contribution in [1.82, 2.24) is 0 Å². The Balaban J connectivity index is 2.21. The van der Waals surface area contributed by atoms with Gasteiger partial charge in [0.2, 0.25) is 5.88 Å². The van der Waals surface area contributed by atoms with Gasteiger partial charge in [0, 0.05) is 37.6 Å². The van der Waals surface area contributed by atoms with Crippen molar-refractivity contribution in [3.63, 3.8) is 0 Å². The van der Waals surface area contributed by atoms with E-state index in [1.54, 1.807) is 12.1 Å². The Kier molecular flexibility index (Phi) is 5.57. The Morgan fingerprint density at radius 1 is 1.33 bits per heavy atom. The van der Waals surface area contributed by atoms with Crippen molar-refractivity contribution in [3.8, 4) is 6.07 Å². The van der Waals surface area contributed by atoms with E-state index in [-0.39, 0.29) is 28.3 Å². The fourth-order valence-electron chi connectivity index (χ4n) is 4.32. The summed E-state index contributed by atoms with van der Waals surface area (Å²) in [5.74, 6) is -0.496. The molecule has 8 nitrogen and oxygen atoms in total. The van der Waals surface area contributed by atoms with E-state index in [1.165, 1.54) is 6.07 Å². The van der Waals surface area contributed by atoms with E-state index in [4.69, 9.17) is 10.5 Å². The van der Waals surface area contributed by atoms with Crippen LogP contribution in [-0.4, -0.2) is 23.8 Å². The quantitative estimate of drug-likeness (QED) is 0.577. The Morgan fingerprint density at radius 3 is 2.57 bits per heavy atom. The highest BCUT2D eigenvalue weighted by atomic mass is 16.6. The van der Waals surface area contributed by atoms with Crippen molar-refractivity contribution >= 4 is 17.2 Å². The molecule has 0 aromatic heterocycles. The number of carbonyl (C=O) groups is 1. The minimum Gasteiger partial charge on any atom is -0.444 e. The summed E-state index contributed by atoms with van der Waals surface area (Å²) >= 11 is 0. The lowest BCUT2D eigenvalue weighted by Crippen LogP contribution is -2.33. The molecule has 0 bridgehead atoms. The highest BCUT2D eigenvalue weighted by Gasteiger charge is 2.43. The molecular formula is C22H26N4O4. The van der Waals surface area contributed by atoms with Crippen LogP contribution in [0, 0.1) is 26.9 Å². The van der Waals surface area contributed by atoms with Gasteiger partial charge in [0.15, 0.2) is 5.78 Å². The highest BCUT2D eigenvalue weighted by molar-refractivity contribution is 6.00. The first kappa shape index (κ1) is 21.4. The first-order chi connectivity index (χ1) is 14.1. The van der Waals surface area contributed by atoms with Crippen molar-refractivity contribution in [2.24, 2.45) is 11.1 Å². The molecule has 0 spiro atoms. The molecular weight excluding hydrogens is 384 g/mol. The third-order valence-corrected chi connectivity index (χ3v) is 5.71. The maximum atomic E-state index is 13.0. The number of anilines is 1. The van der Waals surface area contributed by atoms with Crippen LogP contribution in [-0.2, 0) is 9.53 Å². The number of rotatable bonds is 5. The molecule has 0 fully saturated rings. The van der Waals surface area contributed by atoms with Gasteiger partial charge in [-0.15, -0.1) is 0 Å². The number of Topliss-reactive ketones (excluding diaryl/α,β-unsaturated/α-hetero) is 1. The number of nitriles is 1. The first-order valence-corrected chi connectivity index (χ1v) is 10.0. The minimum absolute atomic E-state index is 0.0535. The summed E-state index contributed by atoms with van der Waals surface area (Å²) in [5.41, 5.74) is 7.14. The van der Waals surface area contributed by atoms with Gasteiger partial charge in [-0.05, 0) is 30.9 Å². The van der Waals surface area contributed by atoms with E-state index in [1.807, 2.05) is 38.7 Å². The minimum atomic E-state index is -0.771. The molecule has 1 aliphatic carbocycles. The molecule has 158 valence electrons. The maximum absolute atomic E-state index is 13.0. The van der Waals surface area contributed by atoms with Gasteiger partial charge < -0.3 is 15.4 Å². The highest BCUT2D eigenvalue weighted by Crippen LogP contribution is 2.48. The third kappa shape index (κ3) is 3.63. The summed E-state index contributed by atoms with van der Waals surface area (Å²) in [4.78, 5) is 26.3. The normalized spacial score (nSPS) is 20.4. The Morgan fingerprint density at radius 2 is 2.00 bits per heavy atom. The molecule has 3 rings (SSSR count). The van der Waals surface area contributed by atoms with E-state index in [2.05, 4.69) is 0 Å². The van der Waals surface area contributed by atoms with Crippen LogP contribution in [0.1, 0.15) is 52.0 Å². The molecule has 30 heavy (non-hydrogen) atoms. The molecule has 0 amide bonds. The van der Waals surface area contributed by atoms with Crippen LogP contribution in [0.5, 0.6) is 0 Å². The topological polar surface area (TPSA) is 122 Å². The second kappa shape index (κ2) is 7.82. The van der Waals surface area contributed by atoms with Crippen molar-refractivity contribution < 1.29 is 14.5 Å². The van der Waals surface area contributed by atoms with Crippen LogP contribution >= 0.6 is 0 Å². The molecule has 2 N–H and O–H groups in total. The van der Waals surface area contributed by atoms with E-state index < -0.39 is 10.8 Å². The molecule has 1 aliphatic heterocycles. The number of nitrogens with two attached hydrogens (primary N) is 1. The molecule has 0 saturated carbocycles. The van der Waals surface area contributed by atoms with Crippen LogP contribution < -0.4 is 10.6 Å². The van der Waals surface area contributed by atoms with Gasteiger partial charge in [-0.25, -0.2) is 0 Å². The number of ether oxygens (including phenoxy) is 1. The standard InChI is InChI=1S/C22H26N4O4/c1-5-25(6-2)15-8-7-13(9-16(15)26(28)29)19-14(12-23)21(24)30-18-11-22(3,4)10-17(27)20(18)19/h7-9,19H,5-6,10-11,24H2,1-4H3/t19-/m0/s1. The fraction of sp³-hybridized carbons (Fsp3) is 0.455. The molecule has 1 atom stereocenters. The second-order valence-corrected chi connectivity index (χ2v) is 8.38. The first-order valence-electron chi connectivity index (χ1n) is 10.0. The number of allylic oxidation sites excluding steroid dienone is 3. The summed E-state index contributed by atoms with van der Waals surface area (Å²) in [6.45, 7) is 9.03. The van der Waals surface area contributed by atoms with Crippen molar-refractivity contribution in [1.29, 1.82) is 5.26 Å². The number of nitro groups is 1. The predicted molar refractivity (Wildman–Crippen MR) is 112 cm³/mol. The summed E-state index contributed by atoms with van der Waals surface area (Å²) in [6.07, 6.45) is 0.813. The third-order valence-electron chi connectivity index (χ3n) is 5.71. The molecule has 1 aromatic rings. The lowest BCUT2D eigenvalue weighted by atomic mass is 9.70. The van der Waals surface area contributed by atoms with Crippen molar-refractivity contribution in [3.05, 3.63) is 56.7 Å². The van der Waals surface area contributed by atoms with Gasteiger partial charge >= 0.3 is 0 Å². The SMILES string of the molecule is CCN(CC)c1ccc([C@H]2C(C#N)=C(N)OC3=C2C(=O)CC(C)(C)C3)cc1[N+](=O)[O-]. The molecule has 1 heterocycles. The van der Waals surface area contributed by atoms with E-state index in [0.717, 1.165) is 0 Å². The Labute approximate surface area is 175 Å². The number of hydrogen-bond acceptors (Lipinski definition) is 7. The van der Waals surface area contributed by atoms with Gasteiger partial charge in [0.05, 0.1) is 10.8 Å². The largest absolute Gasteiger partial charge is 0.444 e. The van der Waals surface area contributed by atoms with Crippen LogP contribution in [0.15, 0.2) is 41.0 Å². The summed E-state index contributed by atoms with van der Waals surface area (Å²) in [6, 6.07) is 6.91. The summed E-state index contributed by atoms with van der Waals surface area (Å²) in [5, 5.41) is 21.5. The number of nitro benzene ring substituents is 1. The molecule has 0 unspecified atom stereocenters. The summed E-state index contributed by atoms with van der Waals surface area (Å²) in [7, 11) is 0. The number of ketones is 1. The smallest absolute Gasteiger partial charge is 0.292 e. The zero-order valence-corrected chi connectivity index (χ0v) is 17.7. The van der Waals surface area contributed by atoms with Crippen LogP contribution in [0.25, 0.3) is 0 Å². The number of carbonyl (C=O) groups excluding carboxylic acids is 1. The van der Waals surface area contributed by atoms with Gasteiger partial charge in [-0.2, -0.15) is 5.26 Å². The van der Waals surface area contributed by atoms with Crippen LogP contribution in [0.2, 0.25) is 0 Å².